The van der Waals surface area contributed by atoms with E-state index in [1.54, 1.807) is 0 Å². The molecule has 0 unspecified atom stereocenters. The van der Waals surface area contributed by atoms with Gasteiger partial charge in [-0.05, 0) is 48.6 Å². The third-order valence-corrected chi connectivity index (χ3v) is 6.52. The van der Waals surface area contributed by atoms with E-state index in [0.29, 0.717) is 17.0 Å². The van der Waals surface area contributed by atoms with Crippen LogP contribution in [-0.2, 0) is 33.4 Å². The summed E-state index contributed by atoms with van der Waals surface area (Å²) in [5.74, 6) is -1.68. The van der Waals surface area contributed by atoms with E-state index in [1.165, 1.54) is 41.6 Å². The second-order valence-corrected chi connectivity index (χ2v) is 9.35. The number of ether oxygens (including phenoxy) is 1. The highest BCUT2D eigenvalue weighted by molar-refractivity contribution is 7.85. The quantitative estimate of drug-likeness (QED) is 0.554. The van der Waals surface area contributed by atoms with Crippen molar-refractivity contribution in [2.24, 2.45) is 5.92 Å². The van der Waals surface area contributed by atoms with Crippen LogP contribution in [0, 0.1) is 17.6 Å². The summed E-state index contributed by atoms with van der Waals surface area (Å²) in [4.78, 5) is 3.66. The maximum absolute atomic E-state index is 14.7. The molecule has 4 rings (SSSR count). The zero-order valence-corrected chi connectivity index (χ0v) is 17.7. The Balaban J connectivity index is 1.68. The minimum Gasteiger partial charge on any atom is -0.368 e. The van der Waals surface area contributed by atoms with Crippen LogP contribution in [-0.4, -0.2) is 34.3 Å². The molecule has 1 aromatic heterocycles. The Morgan fingerprint density at radius 2 is 2.06 bits per heavy atom. The summed E-state index contributed by atoms with van der Waals surface area (Å²) in [6.07, 6.45) is 3.32. The normalized spacial score (nSPS) is 21.5. The van der Waals surface area contributed by atoms with E-state index in [1.807, 2.05) is 0 Å². The molecule has 1 fully saturated rings. The summed E-state index contributed by atoms with van der Waals surface area (Å²) in [6.45, 7) is 0.315. The van der Waals surface area contributed by atoms with Gasteiger partial charge in [-0.2, -0.15) is 13.5 Å². The fourth-order valence-electron chi connectivity index (χ4n) is 4.08. The van der Waals surface area contributed by atoms with Crippen molar-refractivity contribution in [2.75, 3.05) is 6.61 Å². The highest BCUT2D eigenvalue weighted by atomic mass is 35.5. The number of benzene rings is 2. The molecule has 11 heteroatoms. The van der Waals surface area contributed by atoms with E-state index in [2.05, 4.69) is 10.1 Å². The molecular weight excluding hydrogens is 452 g/mol. The first kappa shape index (κ1) is 21.8. The molecular formula is C20H18ClF2N3O4S. The zero-order valence-electron chi connectivity index (χ0n) is 16.1. The van der Waals surface area contributed by atoms with Gasteiger partial charge in [-0.3, -0.25) is 4.55 Å². The summed E-state index contributed by atoms with van der Waals surface area (Å²) in [5, 5.41) is 4.38. The minimum atomic E-state index is -4.45. The van der Waals surface area contributed by atoms with E-state index >= 15 is 0 Å². The number of nitrogens with zero attached hydrogens (tertiary/aromatic N) is 3. The standard InChI is InChI=1S/C20H18ClF2N3O4S/c21-15-1-4-19(31(27,28)29)14(6-15)5-13-8-20(30-9-13,10-26-12-24-11-25-26)17-3-2-16(22)7-18(17)23/h1-4,6-7,11-13H,5,8-10H2,(H,27,28,29)/t13-,20-/m0/s1. The van der Waals surface area contributed by atoms with Gasteiger partial charge in [-0.15, -0.1) is 0 Å². The SMILES string of the molecule is O=S(=O)(O)c1ccc(Cl)cc1C[C@@H]1CO[C@@](Cn2cncn2)(c2ccc(F)cc2F)C1. The Morgan fingerprint density at radius 1 is 1.26 bits per heavy atom. The molecule has 2 heterocycles. The van der Waals surface area contributed by atoms with Crippen molar-refractivity contribution in [1.29, 1.82) is 0 Å². The van der Waals surface area contributed by atoms with Gasteiger partial charge in [0, 0.05) is 16.7 Å². The molecule has 0 spiro atoms. The van der Waals surface area contributed by atoms with Gasteiger partial charge in [0.2, 0.25) is 0 Å². The Bertz CT molecular complexity index is 1210. The molecule has 1 aliphatic rings. The number of hydrogen-bond donors (Lipinski definition) is 1. The van der Waals surface area contributed by atoms with Crippen LogP contribution in [0.5, 0.6) is 0 Å². The predicted octanol–water partition coefficient (Wildman–Crippen LogP) is 3.63. The van der Waals surface area contributed by atoms with Gasteiger partial charge in [0.25, 0.3) is 10.1 Å². The van der Waals surface area contributed by atoms with Crippen LogP contribution in [0.25, 0.3) is 0 Å². The summed E-state index contributed by atoms with van der Waals surface area (Å²) in [6, 6.07) is 7.38. The summed E-state index contributed by atoms with van der Waals surface area (Å²) >= 11 is 6.02. The molecule has 0 saturated carbocycles. The van der Waals surface area contributed by atoms with E-state index < -0.39 is 27.4 Å². The Kier molecular flexibility index (Phi) is 5.82. The Labute approximate surface area is 182 Å². The first-order valence-corrected chi connectivity index (χ1v) is 11.2. The molecule has 7 nitrogen and oxygen atoms in total. The van der Waals surface area contributed by atoms with Gasteiger partial charge in [-0.1, -0.05) is 17.7 Å². The molecule has 1 aliphatic heterocycles. The maximum Gasteiger partial charge on any atom is 0.294 e. The minimum absolute atomic E-state index is 0.132. The highest BCUT2D eigenvalue weighted by Crippen LogP contribution is 2.43. The molecule has 0 bridgehead atoms. The highest BCUT2D eigenvalue weighted by Gasteiger charge is 2.44. The maximum atomic E-state index is 14.7. The van der Waals surface area contributed by atoms with Gasteiger partial charge in [0.15, 0.2) is 0 Å². The average Bonchev–Trinajstić information content (AvgIpc) is 3.31. The fourth-order valence-corrected chi connectivity index (χ4v) is 4.99. The Hall–Kier alpha value is -2.40. The summed E-state index contributed by atoms with van der Waals surface area (Å²) in [7, 11) is -4.45. The van der Waals surface area contributed by atoms with E-state index in [-0.39, 0.29) is 35.9 Å². The molecule has 0 amide bonds. The Morgan fingerprint density at radius 3 is 2.74 bits per heavy atom. The van der Waals surface area contributed by atoms with Gasteiger partial charge in [-0.25, -0.2) is 18.4 Å². The molecule has 3 aromatic rings. The first-order chi connectivity index (χ1) is 14.7. The number of halogens is 3. The molecule has 2 aromatic carbocycles. The smallest absolute Gasteiger partial charge is 0.294 e. The lowest BCUT2D eigenvalue weighted by atomic mass is 9.84. The van der Waals surface area contributed by atoms with Gasteiger partial charge in [0.05, 0.1) is 18.0 Å². The molecule has 31 heavy (non-hydrogen) atoms. The molecule has 2 atom stereocenters. The number of rotatable bonds is 6. The molecule has 1 N–H and O–H groups in total. The molecule has 0 radical (unpaired) electrons. The lowest BCUT2D eigenvalue weighted by Gasteiger charge is -2.29. The van der Waals surface area contributed by atoms with Crippen LogP contribution >= 0.6 is 11.6 Å². The van der Waals surface area contributed by atoms with Crippen LogP contribution in [0.1, 0.15) is 17.5 Å². The van der Waals surface area contributed by atoms with Crippen molar-refractivity contribution in [2.45, 2.75) is 29.9 Å². The third kappa shape index (κ3) is 4.62. The topological polar surface area (TPSA) is 94.3 Å². The van der Waals surface area contributed by atoms with Crippen molar-refractivity contribution in [3.05, 3.63) is 76.8 Å². The number of hydrogen-bond acceptors (Lipinski definition) is 5. The van der Waals surface area contributed by atoms with E-state index in [4.69, 9.17) is 16.3 Å². The van der Waals surface area contributed by atoms with Crippen LogP contribution in [0.3, 0.4) is 0 Å². The second kappa shape index (κ2) is 8.27. The monoisotopic (exact) mass is 469 g/mol. The van der Waals surface area contributed by atoms with Crippen LogP contribution < -0.4 is 0 Å². The first-order valence-electron chi connectivity index (χ1n) is 9.34. The molecule has 0 aliphatic carbocycles. The van der Waals surface area contributed by atoms with Gasteiger partial charge in [0.1, 0.15) is 29.9 Å². The van der Waals surface area contributed by atoms with E-state index in [9.17, 15) is 21.8 Å². The van der Waals surface area contributed by atoms with Crippen LogP contribution in [0.2, 0.25) is 5.02 Å². The van der Waals surface area contributed by atoms with Crippen LogP contribution in [0.15, 0.2) is 53.9 Å². The van der Waals surface area contributed by atoms with Crippen molar-refractivity contribution >= 4 is 21.7 Å². The molecule has 164 valence electrons. The largest absolute Gasteiger partial charge is 0.368 e. The van der Waals surface area contributed by atoms with Crippen molar-refractivity contribution in [3.63, 3.8) is 0 Å². The second-order valence-electron chi connectivity index (χ2n) is 7.52. The van der Waals surface area contributed by atoms with Crippen molar-refractivity contribution in [3.8, 4) is 0 Å². The zero-order chi connectivity index (χ0) is 22.2. The summed E-state index contributed by atoms with van der Waals surface area (Å²) < 4.78 is 68.8. The lowest BCUT2D eigenvalue weighted by Crippen LogP contribution is -2.32. The third-order valence-electron chi connectivity index (χ3n) is 5.33. The van der Waals surface area contributed by atoms with Crippen molar-refractivity contribution in [1.82, 2.24) is 14.8 Å². The summed E-state index contributed by atoms with van der Waals surface area (Å²) in [5.41, 5.74) is -0.653. The fraction of sp³-hybridized carbons (Fsp3) is 0.300. The number of aromatic nitrogens is 3. The molecule has 1 saturated heterocycles. The average molecular weight is 470 g/mol. The predicted molar refractivity (Wildman–Crippen MR) is 107 cm³/mol. The van der Waals surface area contributed by atoms with Gasteiger partial charge >= 0.3 is 0 Å². The van der Waals surface area contributed by atoms with Gasteiger partial charge < -0.3 is 4.74 Å². The lowest BCUT2D eigenvalue weighted by molar-refractivity contribution is -0.0204. The van der Waals surface area contributed by atoms with Crippen LogP contribution in [0.4, 0.5) is 8.78 Å². The van der Waals surface area contributed by atoms with Crippen molar-refractivity contribution < 1.29 is 26.5 Å². The van der Waals surface area contributed by atoms with E-state index in [0.717, 1.165) is 12.1 Å².